The number of aryl methyl sites for hydroxylation is 1. The van der Waals surface area contributed by atoms with Crippen molar-refractivity contribution in [3.8, 4) is 0 Å². The second kappa shape index (κ2) is 6.82. The van der Waals surface area contributed by atoms with E-state index in [4.69, 9.17) is 5.84 Å². The van der Waals surface area contributed by atoms with Crippen molar-refractivity contribution in [2.24, 2.45) is 11.8 Å². The van der Waals surface area contributed by atoms with Gasteiger partial charge in [0.25, 0.3) is 0 Å². The monoisotopic (exact) mass is 271 g/mol. The van der Waals surface area contributed by atoms with Gasteiger partial charge in [-0.25, -0.2) is 0 Å². The Hall–Kier alpha value is -1.45. The van der Waals surface area contributed by atoms with Gasteiger partial charge < -0.3 is 0 Å². The zero-order valence-electron chi connectivity index (χ0n) is 12.7. The molecular formula is C17H25N3. The van der Waals surface area contributed by atoms with Gasteiger partial charge in [0.1, 0.15) is 0 Å². The fourth-order valence-electron chi connectivity index (χ4n) is 2.87. The molecule has 108 valence electrons. The van der Waals surface area contributed by atoms with Crippen LogP contribution in [0.1, 0.15) is 50.4 Å². The number of fused-ring (bicyclic) bond motifs is 1. The number of benzene rings is 1. The zero-order valence-corrected chi connectivity index (χ0v) is 12.7. The molecule has 3 heteroatoms. The van der Waals surface area contributed by atoms with Gasteiger partial charge in [-0.1, -0.05) is 44.9 Å². The van der Waals surface area contributed by atoms with Crippen molar-refractivity contribution in [1.29, 1.82) is 0 Å². The first kappa shape index (κ1) is 14.9. The summed E-state index contributed by atoms with van der Waals surface area (Å²) in [4.78, 5) is 4.60. The third-order valence-electron chi connectivity index (χ3n) is 4.18. The molecule has 0 amide bonds. The van der Waals surface area contributed by atoms with Crippen LogP contribution in [0.4, 0.5) is 0 Å². The molecule has 3 N–H and O–H groups in total. The Morgan fingerprint density at radius 1 is 1.20 bits per heavy atom. The lowest BCUT2D eigenvalue weighted by Gasteiger charge is -2.23. The van der Waals surface area contributed by atoms with Crippen LogP contribution < -0.4 is 11.3 Å². The van der Waals surface area contributed by atoms with Crippen LogP contribution in [-0.2, 0) is 0 Å². The fraction of sp³-hybridized carbons (Fsp3) is 0.471. The molecule has 20 heavy (non-hydrogen) atoms. The van der Waals surface area contributed by atoms with Crippen molar-refractivity contribution >= 4 is 10.9 Å². The number of rotatable bonds is 6. The molecular weight excluding hydrogens is 246 g/mol. The first-order valence-corrected chi connectivity index (χ1v) is 7.52. The Morgan fingerprint density at radius 2 is 1.90 bits per heavy atom. The molecule has 1 unspecified atom stereocenters. The summed E-state index contributed by atoms with van der Waals surface area (Å²) >= 11 is 0. The minimum Gasteiger partial charge on any atom is -0.271 e. The average molecular weight is 271 g/mol. The second-order valence-electron chi connectivity index (χ2n) is 5.51. The summed E-state index contributed by atoms with van der Waals surface area (Å²) in [5, 5.41) is 1.20. The van der Waals surface area contributed by atoms with Crippen LogP contribution in [0.2, 0.25) is 0 Å². The number of hydrazine groups is 1. The van der Waals surface area contributed by atoms with E-state index in [9.17, 15) is 0 Å². The summed E-state index contributed by atoms with van der Waals surface area (Å²) in [7, 11) is 0. The molecule has 0 aliphatic rings. The summed E-state index contributed by atoms with van der Waals surface area (Å²) in [6, 6.07) is 10.6. The van der Waals surface area contributed by atoms with Crippen LogP contribution in [0, 0.1) is 12.8 Å². The molecule has 3 nitrogen and oxygen atoms in total. The number of aromatic nitrogens is 1. The van der Waals surface area contributed by atoms with Crippen molar-refractivity contribution in [2.75, 3.05) is 0 Å². The highest BCUT2D eigenvalue weighted by Gasteiger charge is 2.17. The topological polar surface area (TPSA) is 50.9 Å². The summed E-state index contributed by atoms with van der Waals surface area (Å²) in [6.45, 7) is 6.54. The fourth-order valence-corrected chi connectivity index (χ4v) is 2.87. The Balaban J connectivity index is 2.43. The van der Waals surface area contributed by atoms with Crippen LogP contribution in [0.25, 0.3) is 10.9 Å². The molecule has 0 aliphatic carbocycles. The van der Waals surface area contributed by atoms with E-state index < -0.39 is 0 Å². The van der Waals surface area contributed by atoms with Crippen LogP contribution in [0.15, 0.2) is 30.3 Å². The maximum Gasteiger partial charge on any atom is 0.0708 e. The van der Waals surface area contributed by atoms with Gasteiger partial charge in [0.05, 0.1) is 5.52 Å². The van der Waals surface area contributed by atoms with E-state index in [2.05, 4.69) is 48.5 Å². The first-order valence-electron chi connectivity index (χ1n) is 7.52. The van der Waals surface area contributed by atoms with E-state index >= 15 is 0 Å². The Morgan fingerprint density at radius 3 is 2.55 bits per heavy atom. The van der Waals surface area contributed by atoms with E-state index in [0.717, 1.165) is 17.6 Å². The number of para-hydroxylation sites is 1. The first-order chi connectivity index (χ1) is 9.69. The molecule has 0 aliphatic heterocycles. The number of nitrogens with one attached hydrogen (secondary N) is 1. The molecule has 1 aromatic heterocycles. The van der Waals surface area contributed by atoms with Gasteiger partial charge in [-0.2, -0.15) is 0 Å². The standard InChI is InChI=1S/C17H25N3/c1-4-13(5-2)11-17(20-18)15-10-12(3)19-16-9-7-6-8-14(15)16/h6-10,13,17,20H,4-5,11,18H2,1-3H3. The number of hydrogen-bond acceptors (Lipinski definition) is 3. The molecule has 1 heterocycles. The van der Waals surface area contributed by atoms with Crippen molar-refractivity contribution < 1.29 is 0 Å². The highest BCUT2D eigenvalue weighted by atomic mass is 15.2. The smallest absolute Gasteiger partial charge is 0.0708 e. The maximum absolute atomic E-state index is 5.83. The third-order valence-corrected chi connectivity index (χ3v) is 4.18. The van der Waals surface area contributed by atoms with Crippen molar-refractivity contribution in [2.45, 2.75) is 46.1 Å². The Bertz CT molecular complexity index is 561. The molecule has 0 saturated carbocycles. The van der Waals surface area contributed by atoms with E-state index in [1.807, 2.05) is 13.0 Å². The summed E-state index contributed by atoms with van der Waals surface area (Å²) < 4.78 is 0. The minimum atomic E-state index is 0.187. The zero-order chi connectivity index (χ0) is 14.5. The molecule has 2 aromatic rings. The Kier molecular flexibility index (Phi) is 5.10. The second-order valence-corrected chi connectivity index (χ2v) is 5.51. The Labute approximate surface area is 121 Å². The van der Waals surface area contributed by atoms with Crippen molar-refractivity contribution in [3.05, 3.63) is 41.6 Å². The lowest BCUT2D eigenvalue weighted by atomic mass is 9.90. The lowest BCUT2D eigenvalue weighted by molar-refractivity contribution is 0.376. The predicted molar refractivity (Wildman–Crippen MR) is 85.2 cm³/mol. The highest BCUT2D eigenvalue weighted by molar-refractivity contribution is 5.82. The van der Waals surface area contributed by atoms with Gasteiger partial charge in [0.15, 0.2) is 0 Å². The molecule has 2 rings (SSSR count). The van der Waals surface area contributed by atoms with Gasteiger partial charge in [0.2, 0.25) is 0 Å². The van der Waals surface area contributed by atoms with Gasteiger partial charge in [-0.3, -0.25) is 16.3 Å². The largest absolute Gasteiger partial charge is 0.271 e. The molecule has 0 radical (unpaired) electrons. The van der Waals surface area contributed by atoms with Crippen molar-refractivity contribution in [1.82, 2.24) is 10.4 Å². The molecule has 0 saturated heterocycles. The van der Waals surface area contributed by atoms with Gasteiger partial charge >= 0.3 is 0 Å². The van der Waals surface area contributed by atoms with Crippen LogP contribution in [0.3, 0.4) is 0 Å². The maximum atomic E-state index is 5.83. The SMILES string of the molecule is CCC(CC)CC(NN)c1cc(C)nc2ccccc12. The summed E-state index contributed by atoms with van der Waals surface area (Å²) in [5.41, 5.74) is 6.37. The molecule has 0 bridgehead atoms. The number of nitrogens with zero attached hydrogens (tertiary/aromatic N) is 1. The minimum absolute atomic E-state index is 0.187. The van der Waals surface area contributed by atoms with Crippen LogP contribution >= 0.6 is 0 Å². The molecule has 0 spiro atoms. The van der Waals surface area contributed by atoms with E-state index in [1.54, 1.807) is 0 Å². The van der Waals surface area contributed by atoms with Crippen LogP contribution in [0.5, 0.6) is 0 Å². The van der Waals surface area contributed by atoms with E-state index in [0.29, 0.717) is 5.92 Å². The van der Waals surface area contributed by atoms with Crippen molar-refractivity contribution in [3.63, 3.8) is 0 Å². The highest BCUT2D eigenvalue weighted by Crippen LogP contribution is 2.29. The van der Waals surface area contributed by atoms with Gasteiger partial charge in [0, 0.05) is 17.1 Å². The number of pyridine rings is 1. The van der Waals surface area contributed by atoms with Gasteiger partial charge in [-0.05, 0) is 37.0 Å². The third kappa shape index (κ3) is 3.17. The number of hydrogen-bond donors (Lipinski definition) is 2. The summed E-state index contributed by atoms with van der Waals surface area (Å²) in [5.74, 6) is 6.53. The quantitative estimate of drug-likeness (QED) is 0.619. The number of nitrogens with two attached hydrogens (primary N) is 1. The van der Waals surface area contributed by atoms with Crippen LogP contribution in [-0.4, -0.2) is 4.98 Å². The molecule has 0 fully saturated rings. The molecule has 1 atom stereocenters. The van der Waals surface area contributed by atoms with Gasteiger partial charge in [-0.15, -0.1) is 0 Å². The average Bonchev–Trinajstić information content (AvgIpc) is 2.48. The van der Waals surface area contributed by atoms with E-state index in [1.165, 1.54) is 23.8 Å². The predicted octanol–water partition coefficient (Wildman–Crippen LogP) is 3.87. The van der Waals surface area contributed by atoms with E-state index in [-0.39, 0.29) is 6.04 Å². The lowest BCUT2D eigenvalue weighted by Crippen LogP contribution is -2.30. The molecule has 1 aromatic carbocycles. The summed E-state index contributed by atoms with van der Waals surface area (Å²) in [6.07, 6.45) is 3.45. The normalized spacial score (nSPS) is 13.1.